The van der Waals surface area contributed by atoms with Gasteiger partial charge in [0.1, 0.15) is 11.5 Å². The summed E-state index contributed by atoms with van der Waals surface area (Å²) in [7, 11) is 0. The average Bonchev–Trinajstić information content (AvgIpc) is 3.26. The highest BCUT2D eigenvalue weighted by atomic mass is 79.9. The minimum Gasteiger partial charge on any atom is -0.373 e. The molecule has 0 saturated carbocycles. The highest BCUT2D eigenvalue weighted by molar-refractivity contribution is 9.10. The minimum atomic E-state index is 0.0116. The molecule has 1 saturated heterocycles. The summed E-state index contributed by atoms with van der Waals surface area (Å²) >= 11 is 3.63. The zero-order chi connectivity index (χ0) is 18.3. The Balaban J connectivity index is 1.67. The number of rotatable bonds is 4. The van der Waals surface area contributed by atoms with Crippen molar-refractivity contribution < 1.29 is 9.53 Å². The molecule has 6 heteroatoms. The molecular formula is C20H22BrN3O2. The first-order chi connectivity index (χ1) is 12.6. The van der Waals surface area contributed by atoms with Gasteiger partial charge in [0, 0.05) is 41.0 Å². The summed E-state index contributed by atoms with van der Waals surface area (Å²) in [5.41, 5.74) is 4.81. The van der Waals surface area contributed by atoms with Crippen LogP contribution in [0.25, 0.3) is 0 Å². The summed E-state index contributed by atoms with van der Waals surface area (Å²) in [4.78, 5) is 18.8. The molecule has 0 aliphatic carbocycles. The number of anilines is 2. The van der Waals surface area contributed by atoms with Crippen LogP contribution in [0.15, 0.2) is 28.7 Å². The molecule has 136 valence electrons. The summed E-state index contributed by atoms with van der Waals surface area (Å²) < 4.78 is 6.96. The summed E-state index contributed by atoms with van der Waals surface area (Å²) in [6.45, 7) is 6.20. The second-order valence-corrected chi connectivity index (χ2v) is 7.69. The number of nitrogens with one attached hydrogen (secondary N) is 1. The molecular weight excluding hydrogens is 394 g/mol. The molecule has 5 nitrogen and oxygen atoms in total. The highest BCUT2D eigenvalue weighted by Crippen LogP contribution is 2.37. The molecule has 1 amide bonds. The number of carbonyl (C=O) groups excluding carboxylic acids is 1. The second-order valence-electron chi connectivity index (χ2n) is 6.84. The quantitative estimate of drug-likeness (QED) is 0.784. The molecule has 2 aliphatic heterocycles. The zero-order valence-electron chi connectivity index (χ0n) is 15.0. The Morgan fingerprint density at radius 1 is 1.38 bits per heavy atom. The van der Waals surface area contributed by atoms with Crippen LogP contribution in [0.3, 0.4) is 0 Å². The fourth-order valence-corrected chi connectivity index (χ4v) is 3.95. The molecule has 1 N–H and O–H groups in total. The lowest BCUT2D eigenvalue weighted by atomic mass is 10.0. The van der Waals surface area contributed by atoms with Crippen LogP contribution < -0.4 is 5.32 Å². The van der Waals surface area contributed by atoms with Crippen molar-refractivity contribution in [1.82, 2.24) is 9.88 Å². The molecule has 0 spiro atoms. The van der Waals surface area contributed by atoms with Gasteiger partial charge in [-0.15, -0.1) is 0 Å². The van der Waals surface area contributed by atoms with Crippen LogP contribution in [0, 0.1) is 6.92 Å². The Morgan fingerprint density at radius 2 is 2.23 bits per heavy atom. The van der Waals surface area contributed by atoms with Gasteiger partial charge in [0.2, 0.25) is 0 Å². The van der Waals surface area contributed by atoms with E-state index in [9.17, 15) is 4.79 Å². The van der Waals surface area contributed by atoms with Gasteiger partial charge in [-0.2, -0.15) is 0 Å². The van der Waals surface area contributed by atoms with Crippen molar-refractivity contribution in [1.29, 1.82) is 0 Å². The average molecular weight is 416 g/mol. The number of hydrogen-bond donors (Lipinski definition) is 1. The maximum Gasteiger partial charge on any atom is 0.273 e. The van der Waals surface area contributed by atoms with Crippen molar-refractivity contribution in [3.05, 3.63) is 51.1 Å². The molecule has 1 aromatic heterocycles. The Morgan fingerprint density at radius 3 is 2.96 bits per heavy atom. The maximum absolute atomic E-state index is 12.4. The SMILES string of the molecule is CCN1Cc2ccc(Nc3cc(C)c(Br)cc3C3CCCO3)nc2C1=O. The number of hydrogen-bond acceptors (Lipinski definition) is 4. The van der Waals surface area contributed by atoms with Gasteiger partial charge >= 0.3 is 0 Å². The van der Waals surface area contributed by atoms with Gasteiger partial charge in [0.15, 0.2) is 0 Å². The third kappa shape index (κ3) is 3.12. The molecule has 1 unspecified atom stereocenters. The van der Waals surface area contributed by atoms with Crippen molar-refractivity contribution in [2.24, 2.45) is 0 Å². The van der Waals surface area contributed by atoms with Crippen LogP contribution in [-0.4, -0.2) is 28.9 Å². The van der Waals surface area contributed by atoms with Crippen LogP contribution in [0.4, 0.5) is 11.5 Å². The number of pyridine rings is 1. The topological polar surface area (TPSA) is 54.5 Å². The molecule has 2 aromatic rings. The van der Waals surface area contributed by atoms with E-state index in [2.05, 4.69) is 45.3 Å². The number of nitrogens with zero attached hydrogens (tertiary/aromatic N) is 2. The van der Waals surface area contributed by atoms with E-state index >= 15 is 0 Å². The third-order valence-electron chi connectivity index (χ3n) is 5.08. The van der Waals surface area contributed by atoms with Gasteiger partial charge < -0.3 is 15.0 Å². The van der Waals surface area contributed by atoms with Gasteiger partial charge in [0.05, 0.1) is 6.10 Å². The predicted octanol–water partition coefficient (Wildman–Crippen LogP) is 4.72. The van der Waals surface area contributed by atoms with E-state index in [1.165, 1.54) is 0 Å². The highest BCUT2D eigenvalue weighted by Gasteiger charge is 2.28. The van der Waals surface area contributed by atoms with Crippen LogP contribution in [0.1, 0.15) is 53.0 Å². The molecule has 1 atom stereocenters. The number of fused-ring (bicyclic) bond motifs is 1. The number of aryl methyl sites for hydroxylation is 1. The van der Waals surface area contributed by atoms with E-state index < -0.39 is 0 Å². The van der Waals surface area contributed by atoms with Gasteiger partial charge in [0.25, 0.3) is 5.91 Å². The Labute approximate surface area is 161 Å². The first-order valence-corrected chi connectivity index (χ1v) is 9.84. The van der Waals surface area contributed by atoms with Gasteiger partial charge in [-0.25, -0.2) is 4.98 Å². The van der Waals surface area contributed by atoms with Crippen LogP contribution >= 0.6 is 15.9 Å². The van der Waals surface area contributed by atoms with Crippen molar-refractivity contribution >= 4 is 33.3 Å². The Kier molecular flexibility index (Phi) is 4.71. The maximum atomic E-state index is 12.4. The summed E-state index contributed by atoms with van der Waals surface area (Å²) in [6.07, 6.45) is 2.20. The number of carbonyl (C=O) groups is 1. The lowest BCUT2D eigenvalue weighted by Crippen LogP contribution is -2.23. The lowest BCUT2D eigenvalue weighted by molar-refractivity contribution is 0.0783. The molecule has 3 heterocycles. The van der Waals surface area contributed by atoms with Crippen molar-refractivity contribution in [3.8, 4) is 0 Å². The molecule has 0 radical (unpaired) electrons. The summed E-state index contributed by atoms with van der Waals surface area (Å²) in [6, 6.07) is 8.18. The van der Waals surface area contributed by atoms with Crippen LogP contribution in [-0.2, 0) is 11.3 Å². The van der Waals surface area contributed by atoms with Gasteiger partial charge in [-0.1, -0.05) is 22.0 Å². The molecule has 1 aromatic carbocycles. The monoisotopic (exact) mass is 415 g/mol. The Bertz CT molecular complexity index is 862. The fraction of sp³-hybridized carbons (Fsp3) is 0.400. The van der Waals surface area contributed by atoms with Crippen LogP contribution in [0.2, 0.25) is 0 Å². The van der Waals surface area contributed by atoms with E-state index in [4.69, 9.17) is 4.74 Å². The van der Waals surface area contributed by atoms with E-state index in [1.807, 2.05) is 24.0 Å². The number of ether oxygens (including phenoxy) is 1. The van der Waals surface area contributed by atoms with Crippen molar-refractivity contribution in [2.75, 3.05) is 18.5 Å². The van der Waals surface area contributed by atoms with E-state index in [0.29, 0.717) is 24.6 Å². The number of aromatic nitrogens is 1. The molecule has 0 bridgehead atoms. The largest absolute Gasteiger partial charge is 0.373 e. The second kappa shape index (κ2) is 7.00. The molecule has 1 fully saturated rings. The fourth-order valence-electron chi connectivity index (χ4n) is 3.59. The number of benzene rings is 1. The third-order valence-corrected chi connectivity index (χ3v) is 5.94. The molecule has 2 aliphatic rings. The first kappa shape index (κ1) is 17.5. The number of halogens is 1. The Hall–Kier alpha value is -1.92. The van der Waals surface area contributed by atoms with Gasteiger partial charge in [-0.3, -0.25) is 4.79 Å². The standard InChI is InChI=1S/C20H22BrN3O2/c1-3-24-11-13-6-7-18(23-19(13)20(24)25)22-16-9-12(2)15(21)10-14(16)17-5-4-8-26-17/h6-7,9-10,17H,3-5,8,11H2,1-2H3,(H,22,23). The first-order valence-electron chi connectivity index (χ1n) is 9.04. The van der Waals surface area contributed by atoms with E-state index in [-0.39, 0.29) is 12.0 Å². The van der Waals surface area contributed by atoms with Crippen molar-refractivity contribution in [3.63, 3.8) is 0 Å². The van der Waals surface area contributed by atoms with Gasteiger partial charge in [-0.05, 0) is 50.5 Å². The molecule has 26 heavy (non-hydrogen) atoms. The smallest absolute Gasteiger partial charge is 0.273 e. The van der Waals surface area contributed by atoms with Crippen LogP contribution in [0.5, 0.6) is 0 Å². The van der Waals surface area contributed by atoms with E-state index in [1.54, 1.807) is 0 Å². The zero-order valence-corrected chi connectivity index (χ0v) is 16.6. The number of amides is 1. The summed E-state index contributed by atoms with van der Waals surface area (Å²) in [5.74, 6) is 0.702. The lowest BCUT2D eigenvalue weighted by Gasteiger charge is -2.18. The van der Waals surface area contributed by atoms with Crippen molar-refractivity contribution in [2.45, 2.75) is 39.3 Å². The summed E-state index contributed by atoms with van der Waals surface area (Å²) in [5, 5.41) is 3.42. The minimum absolute atomic E-state index is 0.0116. The normalized spacial score (nSPS) is 19.1. The predicted molar refractivity (Wildman–Crippen MR) is 105 cm³/mol. The molecule has 4 rings (SSSR count). The van der Waals surface area contributed by atoms with E-state index in [0.717, 1.165) is 46.3 Å².